The molecule has 20 heavy (non-hydrogen) atoms. The average Bonchev–Trinajstić information content (AvgIpc) is 2.43. The number of hydrogen-bond acceptors (Lipinski definition) is 3. The number of rotatable bonds is 4. The minimum absolute atomic E-state index is 0.541. The van der Waals surface area contributed by atoms with E-state index in [1.165, 1.54) is 11.1 Å². The number of hydrogen-bond donors (Lipinski definition) is 2. The molecule has 2 aromatic rings. The van der Waals surface area contributed by atoms with Crippen molar-refractivity contribution in [2.45, 2.75) is 13.3 Å². The van der Waals surface area contributed by atoms with Gasteiger partial charge in [0, 0.05) is 6.54 Å². The van der Waals surface area contributed by atoms with E-state index in [9.17, 15) is 0 Å². The van der Waals surface area contributed by atoms with E-state index in [0.29, 0.717) is 10.9 Å². The highest BCUT2D eigenvalue weighted by Gasteiger charge is 2.03. The number of thiocarbonyl (C=S) groups is 1. The summed E-state index contributed by atoms with van der Waals surface area (Å²) in [6.07, 6.45) is 2.54. The van der Waals surface area contributed by atoms with Gasteiger partial charge >= 0.3 is 0 Å². The van der Waals surface area contributed by atoms with Crippen molar-refractivity contribution in [2.24, 2.45) is 0 Å². The second-order valence-corrected chi connectivity index (χ2v) is 5.55. The molecule has 0 saturated heterocycles. The van der Waals surface area contributed by atoms with Crippen molar-refractivity contribution in [3.05, 3.63) is 52.1 Å². The first kappa shape index (κ1) is 14.9. The van der Waals surface area contributed by atoms with Gasteiger partial charge in [-0.2, -0.15) is 5.10 Å². The molecule has 1 aromatic carbocycles. The summed E-state index contributed by atoms with van der Waals surface area (Å²) < 4.78 is 0.829. The molecule has 0 atom stereocenters. The van der Waals surface area contributed by atoms with Crippen LogP contribution in [0.25, 0.3) is 0 Å². The first-order valence-corrected chi connectivity index (χ1v) is 7.43. The van der Waals surface area contributed by atoms with E-state index in [-0.39, 0.29) is 0 Å². The number of nitrogens with zero attached hydrogens (tertiary/aromatic N) is 2. The van der Waals surface area contributed by atoms with Gasteiger partial charge in [-0.05, 0) is 58.7 Å². The Morgan fingerprint density at radius 2 is 2.10 bits per heavy atom. The molecule has 0 radical (unpaired) electrons. The molecule has 0 bridgehead atoms. The molecule has 104 valence electrons. The van der Waals surface area contributed by atoms with Crippen LogP contribution in [-0.4, -0.2) is 21.9 Å². The fraction of sp³-hybridized carbons (Fsp3) is 0.214. The van der Waals surface area contributed by atoms with Gasteiger partial charge in [0.15, 0.2) is 10.9 Å². The molecule has 0 unspecified atom stereocenters. The lowest BCUT2D eigenvalue weighted by Crippen LogP contribution is -2.30. The number of aromatic nitrogens is 2. The average molecular weight is 351 g/mol. The van der Waals surface area contributed by atoms with E-state index >= 15 is 0 Å². The molecule has 2 N–H and O–H groups in total. The first-order valence-electron chi connectivity index (χ1n) is 6.23. The second-order valence-electron chi connectivity index (χ2n) is 4.29. The fourth-order valence-corrected chi connectivity index (χ4v) is 2.25. The Hall–Kier alpha value is -1.53. The fourth-order valence-electron chi connectivity index (χ4n) is 1.75. The zero-order valence-electron chi connectivity index (χ0n) is 11.1. The maximum atomic E-state index is 5.23. The summed E-state index contributed by atoms with van der Waals surface area (Å²) in [5.41, 5.74) is 2.62. The topological polar surface area (TPSA) is 49.8 Å². The van der Waals surface area contributed by atoms with Crippen LogP contribution >= 0.6 is 28.1 Å². The number of anilines is 1. The largest absolute Gasteiger partial charge is 0.362 e. The van der Waals surface area contributed by atoms with E-state index in [4.69, 9.17) is 12.2 Å². The van der Waals surface area contributed by atoms with Crippen molar-refractivity contribution in [1.29, 1.82) is 0 Å². The molecule has 0 aliphatic heterocycles. The number of halogens is 1. The molecular weight excluding hydrogens is 336 g/mol. The third kappa shape index (κ3) is 4.25. The van der Waals surface area contributed by atoms with Gasteiger partial charge in [0.05, 0.1) is 10.7 Å². The van der Waals surface area contributed by atoms with Crippen LogP contribution in [0.5, 0.6) is 0 Å². The molecule has 0 saturated carbocycles. The highest BCUT2D eigenvalue weighted by atomic mass is 79.9. The molecule has 1 heterocycles. The molecule has 6 heteroatoms. The zero-order chi connectivity index (χ0) is 14.4. The minimum atomic E-state index is 0.541. The molecule has 0 aliphatic carbocycles. The number of nitrogens with one attached hydrogen (secondary N) is 2. The molecule has 4 nitrogen and oxygen atoms in total. The second kappa shape index (κ2) is 7.31. The van der Waals surface area contributed by atoms with Crippen LogP contribution in [0.1, 0.15) is 11.1 Å². The normalized spacial score (nSPS) is 10.1. The summed E-state index contributed by atoms with van der Waals surface area (Å²) in [5.74, 6) is 0.612. The predicted octanol–water partition coefficient (Wildman–Crippen LogP) is 3.08. The van der Waals surface area contributed by atoms with E-state index in [0.717, 1.165) is 17.4 Å². The molecule has 0 aliphatic rings. The van der Waals surface area contributed by atoms with Gasteiger partial charge in [0.2, 0.25) is 0 Å². The van der Waals surface area contributed by atoms with Crippen LogP contribution < -0.4 is 10.6 Å². The van der Waals surface area contributed by atoms with Crippen molar-refractivity contribution in [3.8, 4) is 0 Å². The van der Waals surface area contributed by atoms with Crippen LogP contribution in [-0.2, 0) is 6.42 Å². The summed E-state index contributed by atoms with van der Waals surface area (Å²) >= 11 is 8.62. The Morgan fingerprint density at radius 3 is 2.85 bits per heavy atom. The quantitative estimate of drug-likeness (QED) is 0.829. The van der Waals surface area contributed by atoms with Crippen molar-refractivity contribution < 1.29 is 0 Å². The summed E-state index contributed by atoms with van der Waals surface area (Å²) in [6.45, 7) is 2.89. The maximum absolute atomic E-state index is 5.23. The van der Waals surface area contributed by atoms with Crippen LogP contribution in [0.15, 0.2) is 41.0 Å². The van der Waals surface area contributed by atoms with Gasteiger partial charge in [-0.25, -0.2) is 0 Å². The van der Waals surface area contributed by atoms with Crippen molar-refractivity contribution >= 4 is 39.1 Å². The number of aryl methyl sites for hydroxylation is 1. The Bertz CT molecular complexity index is 603. The monoisotopic (exact) mass is 350 g/mol. The van der Waals surface area contributed by atoms with Gasteiger partial charge in [0.25, 0.3) is 0 Å². The van der Waals surface area contributed by atoms with Gasteiger partial charge < -0.3 is 10.6 Å². The Morgan fingerprint density at radius 1 is 1.30 bits per heavy atom. The molecular formula is C14H15BrN4S. The summed E-state index contributed by atoms with van der Waals surface area (Å²) in [6, 6.07) is 10.2. The van der Waals surface area contributed by atoms with Gasteiger partial charge in [0.1, 0.15) is 0 Å². The lowest BCUT2D eigenvalue weighted by Gasteiger charge is -2.11. The Kier molecular flexibility index (Phi) is 5.43. The molecule has 0 spiro atoms. The third-order valence-corrected chi connectivity index (χ3v) is 3.73. The molecule has 0 amide bonds. The van der Waals surface area contributed by atoms with Crippen LogP contribution in [0, 0.1) is 6.92 Å². The van der Waals surface area contributed by atoms with Crippen LogP contribution in [0.3, 0.4) is 0 Å². The van der Waals surface area contributed by atoms with Crippen molar-refractivity contribution in [2.75, 3.05) is 11.9 Å². The number of benzene rings is 1. The Labute approximate surface area is 132 Å². The highest BCUT2D eigenvalue weighted by Crippen LogP contribution is 2.16. The predicted molar refractivity (Wildman–Crippen MR) is 88.8 cm³/mol. The summed E-state index contributed by atoms with van der Waals surface area (Å²) in [7, 11) is 0. The smallest absolute Gasteiger partial charge is 0.172 e. The minimum Gasteiger partial charge on any atom is -0.362 e. The van der Waals surface area contributed by atoms with Crippen LogP contribution in [0.4, 0.5) is 5.82 Å². The maximum Gasteiger partial charge on any atom is 0.172 e. The lowest BCUT2D eigenvalue weighted by atomic mass is 10.1. The molecule has 0 fully saturated rings. The van der Waals surface area contributed by atoms with E-state index in [2.05, 4.69) is 61.9 Å². The van der Waals surface area contributed by atoms with E-state index < -0.39 is 0 Å². The summed E-state index contributed by atoms with van der Waals surface area (Å²) in [5, 5.41) is 14.5. The SMILES string of the molecule is Cc1ccccc1CCNC(=S)Nc1nnccc1Br. The summed E-state index contributed by atoms with van der Waals surface area (Å²) in [4.78, 5) is 0. The standard InChI is InChI=1S/C14H15BrN4S/c1-10-4-2-3-5-11(10)6-8-16-14(20)18-13-12(15)7-9-17-19-13/h2-5,7,9H,6,8H2,1H3,(H2,16,18,19,20). The van der Waals surface area contributed by atoms with Crippen molar-refractivity contribution in [3.63, 3.8) is 0 Å². The van der Waals surface area contributed by atoms with E-state index in [1.54, 1.807) is 6.20 Å². The zero-order valence-corrected chi connectivity index (χ0v) is 13.5. The molecule has 1 aromatic heterocycles. The lowest BCUT2D eigenvalue weighted by molar-refractivity contribution is 0.866. The van der Waals surface area contributed by atoms with Crippen LogP contribution in [0.2, 0.25) is 0 Å². The highest BCUT2D eigenvalue weighted by molar-refractivity contribution is 9.10. The molecule has 2 rings (SSSR count). The third-order valence-electron chi connectivity index (χ3n) is 2.84. The van der Waals surface area contributed by atoms with Gasteiger partial charge in [-0.3, -0.25) is 0 Å². The van der Waals surface area contributed by atoms with Gasteiger partial charge in [-0.1, -0.05) is 24.3 Å². The van der Waals surface area contributed by atoms with Gasteiger partial charge in [-0.15, -0.1) is 5.10 Å². The van der Waals surface area contributed by atoms with E-state index in [1.807, 2.05) is 12.1 Å². The Balaban J connectivity index is 1.82. The van der Waals surface area contributed by atoms with Crippen molar-refractivity contribution in [1.82, 2.24) is 15.5 Å². The first-order chi connectivity index (χ1) is 9.66.